The standard InChI is InChI=1S/C38H38N4O6/c1-3-47-37(45)27-41-21-13-31(14-22-41)29-9-17-39(18-10-29)25-35(43)33-5-7-34(8-6-33)36(44)26-40-19-11-30(12-20-40)32-15-23-42(24-16-32)28-38(46)48-4-2/h5-24H,3-4,25-28H2,1-2H3/q+4. The molecule has 0 N–H and O–H groups in total. The number of hydrogen-bond acceptors (Lipinski definition) is 6. The normalized spacial score (nSPS) is 10.7. The second-order valence-electron chi connectivity index (χ2n) is 11.1. The van der Waals surface area contributed by atoms with Crippen molar-refractivity contribution >= 4 is 23.5 Å². The van der Waals surface area contributed by atoms with Crippen LogP contribution in [-0.2, 0) is 45.2 Å². The van der Waals surface area contributed by atoms with Gasteiger partial charge in [0.1, 0.15) is 0 Å². The van der Waals surface area contributed by atoms with Crippen LogP contribution in [0.4, 0.5) is 0 Å². The largest absolute Gasteiger partial charge is 0.461 e. The van der Waals surface area contributed by atoms with Crippen molar-refractivity contribution in [2.24, 2.45) is 0 Å². The Morgan fingerprint density at radius 3 is 0.917 bits per heavy atom. The summed E-state index contributed by atoms with van der Waals surface area (Å²) in [7, 11) is 0. The maximum absolute atomic E-state index is 13.0. The van der Waals surface area contributed by atoms with E-state index in [-0.39, 0.29) is 49.7 Å². The molecule has 0 fully saturated rings. The molecule has 4 heterocycles. The van der Waals surface area contributed by atoms with Gasteiger partial charge in [-0.15, -0.1) is 0 Å². The molecule has 5 aromatic rings. The van der Waals surface area contributed by atoms with Crippen molar-refractivity contribution in [1.82, 2.24) is 0 Å². The van der Waals surface area contributed by atoms with E-state index >= 15 is 0 Å². The van der Waals surface area contributed by atoms with Gasteiger partial charge in [-0.3, -0.25) is 9.59 Å². The summed E-state index contributed by atoms with van der Waals surface area (Å²) in [6.07, 6.45) is 14.7. The number of hydrogen-bond donors (Lipinski definition) is 0. The minimum Gasteiger partial charge on any atom is -0.461 e. The van der Waals surface area contributed by atoms with E-state index in [9.17, 15) is 19.2 Å². The molecule has 5 rings (SSSR count). The van der Waals surface area contributed by atoms with Crippen LogP contribution in [0, 0.1) is 0 Å². The van der Waals surface area contributed by atoms with Crippen molar-refractivity contribution in [2.75, 3.05) is 13.2 Å². The average Bonchev–Trinajstić information content (AvgIpc) is 3.10. The first-order chi connectivity index (χ1) is 23.3. The predicted molar refractivity (Wildman–Crippen MR) is 173 cm³/mol. The number of esters is 2. The van der Waals surface area contributed by atoms with Gasteiger partial charge in [-0.2, -0.15) is 18.3 Å². The maximum atomic E-state index is 13.0. The van der Waals surface area contributed by atoms with Crippen molar-refractivity contribution in [3.8, 4) is 22.3 Å². The van der Waals surface area contributed by atoms with Crippen LogP contribution in [0.25, 0.3) is 22.3 Å². The molecule has 0 radical (unpaired) electrons. The highest BCUT2D eigenvalue weighted by molar-refractivity contribution is 5.98. The molecular formula is C38H38N4O6+4. The summed E-state index contributed by atoms with van der Waals surface area (Å²) in [6.45, 7) is 4.91. The van der Waals surface area contributed by atoms with E-state index in [4.69, 9.17) is 9.47 Å². The molecular weight excluding hydrogens is 608 g/mol. The summed E-state index contributed by atoms with van der Waals surface area (Å²) in [5.41, 5.74) is 5.00. The summed E-state index contributed by atoms with van der Waals surface area (Å²) in [4.78, 5) is 49.4. The van der Waals surface area contributed by atoms with Crippen LogP contribution < -0.4 is 18.3 Å². The molecule has 0 aliphatic carbocycles. The topological polar surface area (TPSA) is 102 Å². The first-order valence-electron chi connectivity index (χ1n) is 15.8. The first kappa shape index (κ1) is 33.5. The minimum absolute atomic E-state index is 0.0660. The third-order valence-electron chi connectivity index (χ3n) is 7.65. The number of rotatable bonds is 14. The Morgan fingerprint density at radius 1 is 0.417 bits per heavy atom. The van der Waals surface area contributed by atoms with Gasteiger partial charge in [0.25, 0.3) is 0 Å². The summed E-state index contributed by atoms with van der Waals surface area (Å²) in [6, 6.07) is 22.2. The highest BCUT2D eigenvalue weighted by atomic mass is 16.5. The van der Waals surface area contributed by atoms with Gasteiger partial charge in [0.2, 0.25) is 37.7 Å². The lowest BCUT2D eigenvalue weighted by Crippen LogP contribution is -2.38. The molecule has 48 heavy (non-hydrogen) atoms. The Balaban J connectivity index is 1.12. The zero-order valence-electron chi connectivity index (χ0n) is 27.0. The molecule has 1 aromatic carbocycles. The number of nitrogens with zero attached hydrogens (tertiary/aromatic N) is 4. The SMILES string of the molecule is CCOC(=O)C[n+]1ccc(-c2cc[n+](CC(=O)c3ccc(C(=O)C[n+]4ccc(-c5cc[n+](CC(=O)OCC)cc5)cc4)cc3)cc2)cc1. The Labute approximate surface area is 279 Å². The second-order valence-corrected chi connectivity index (χ2v) is 11.1. The highest BCUT2D eigenvalue weighted by Crippen LogP contribution is 2.17. The Morgan fingerprint density at radius 2 is 0.667 bits per heavy atom. The van der Waals surface area contributed by atoms with Crippen molar-refractivity contribution < 1.29 is 46.9 Å². The predicted octanol–water partition coefficient (Wildman–Crippen LogP) is 3.06. The first-order valence-corrected chi connectivity index (χ1v) is 15.8. The smallest absolute Gasteiger partial charge is 0.372 e. The Bertz CT molecular complexity index is 1730. The lowest BCUT2D eigenvalue weighted by molar-refractivity contribution is -0.686. The van der Waals surface area contributed by atoms with Gasteiger partial charge < -0.3 is 9.47 Å². The van der Waals surface area contributed by atoms with Gasteiger partial charge in [0.15, 0.2) is 49.6 Å². The number of carbonyl (C=O) groups is 4. The number of pyridine rings is 4. The molecule has 0 amide bonds. The molecule has 0 saturated heterocycles. The fourth-order valence-electron chi connectivity index (χ4n) is 5.09. The third kappa shape index (κ3) is 9.10. The molecule has 0 bridgehead atoms. The molecule has 10 nitrogen and oxygen atoms in total. The average molecular weight is 647 g/mol. The number of benzene rings is 1. The van der Waals surface area contributed by atoms with Crippen molar-refractivity contribution in [1.29, 1.82) is 0 Å². The molecule has 4 aromatic heterocycles. The molecule has 10 heteroatoms. The van der Waals surface area contributed by atoms with Gasteiger partial charge in [-0.05, 0) is 36.1 Å². The van der Waals surface area contributed by atoms with Gasteiger partial charge in [-0.1, -0.05) is 24.3 Å². The van der Waals surface area contributed by atoms with Crippen LogP contribution in [0.2, 0.25) is 0 Å². The zero-order valence-corrected chi connectivity index (χ0v) is 27.0. The summed E-state index contributed by atoms with van der Waals surface area (Å²) in [5, 5.41) is 0. The van der Waals surface area contributed by atoms with Crippen molar-refractivity contribution in [2.45, 2.75) is 40.0 Å². The second kappa shape index (κ2) is 16.1. The molecule has 0 spiro atoms. The number of aromatic nitrogens is 4. The fourth-order valence-corrected chi connectivity index (χ4v) is 5.09. The van der Waals surface area contributed by atoms with E-state index in [2.05, 4.69) is 0 Å². The van der Waals surface area contributed by atoms with E-state index in [0.29, 0.717) is 24.3 Å². The third-order valence-corrected chi connectivity index (χ3v) is 7.65. The van der Waals surface area contributed by atoms with E-state index in [0.717, 1.165) is 22.3 Å². The van der Waals surface area contributed by atoms with Crippen molar-refractivity contribution in [3.05, 3.63) is 133 Å². The monoisotopic (exact) mass is 646 g/mol. The van der Waals surface area contributed by atoms with Crippen LogP contribution >= 0.6 is 0 Å². The quantitative estimate of drug-likeness (QED) is 0.104. The minimum atomic E-state index is -0.281. The molecule has 0 atom stereocenters. The van der Waals surface area contributed by atoms with Gasteiger partial charge >= 0.3 is 11.9 Å². The van der Waals surface area contributed by atoms with Crippen molar-refractivity contribution in [3.63, 3.8) is 0 Å². The van der Waals surface area contributed by atoms with E-state index < -0.39 is 0 Å². The maximum Gasteiger partial charge on any atom is 0.372 e. The number of carbonyl (C=O) groups excluding carboxylic acids is 4. The van der Waals surface area contributed by atoms with Crippen LogP contribution in [-0.4, -0.2) is 36.7 Å². The van der Waals surface area contributed by atoms with Crippen LogP contribution in [0.1, 0.15) is 34.6 Å². The molecule has 0 unspecified atom stereocenters. The van der Waals surface area contributed by atoms with Gasteiger partial charge in [-0.25, -0.2) is 9.59 Å². The summed E-state index contributed by atoms with van der Waals surface area (Å²) < 4.78 is 17.1. The Kier molecular flexibility index (Phi) is 11.2. The van der Waals surface area contributed by atoms with Crippen LogP contribution in [0.3, 0.4) is 0 Å². The molecule has 242 valence electrons. The number of Topliss-reactive ketones (excluding diaryl/α,β-unsaturated/α-hetero) is 2. The summed E-state index contributed by atoms with van der Waals surface area (Å²) >= 11 is 0. The van der Waals surface area contributed by atoms with Crippen LogP contribution in [0.5, 0.6) is 0 Å². The van der Waals surface area contributed by atoms with E-state index in [1.807, 2.05) is 107 Å². The van der Waals surface area contributed by atoms with Gasteiger partial charge in [0, 0.05) is 59.7 Å². The fraction of sp³-hybridized carbons (Fsp3) is 0.211. The molecule has 0 aliphatic heterocycles. The van der Waals surface area contributed by atoms with Gasteiger partial charge in [0.05, 0.1) is 13.2 Å². The Hall–Kier alpha value is -5.90. The van der Waals surface area contributed by atoms with E-state index in [1.165, 1.54) is 0 Å². The molecule has 0 aliphatic rings. The number of ketones is 2. The highest BCUT2D eigenvalue weighted by Gasteiger charge is 2.17. The van der Waals surface area contributed by atoms with Crippen LogP contribution in [0.15, 0.2) is 122 Å². The lowest BCUT2D eigenvalue weighted by Gasteiger charge is -2.04. The lowest BCUT2D eigenvalue weighted by atomic mass is 10.0. The summed E-state index contributed by atoms with van der Waals surface area (Å²) in [5.74, 6) is -0.693. The number of ether oxygens (including phenoxy) is 2. The van der Waals surface area contributed by atoms with E-state index in [1.54, 1.807) is 47.2 Å². The molecule has 0 saturated carbocycles. The zero-order chi connectivity index (χ0) is 33.9.